The summed E-state index contributed by atoms with van der Waals surface area (Å²) in [6.07, 6.45) is 1.57. The van der Waals surface area contributed by atoms with Gasteiger partial charge in [0.15, 0.2) is 5.82 Å². The number of aryl methyl sites for hydroxylation is 2. The van der Waals surface area contributed by atoms with Crippen molar-refractivity contribution < 1.29 is 0 Å². The Bertz CT molecular complexity index is 418. The van der Waals surface area contributed by atoms with E-state index in [1.54, 1.807) is 11.0 Å². The standard InChI is InChI=1S/C10H11N3/c1-8-4-3-5-9(6-8)10-11-7-12-13(10)2/h3-7H,1-2H3. The lowest BCUT2D eigenvalue weighted by atomic mass is 10.1. The third-order valence-electron chi connectivity index (χ3n) is 1.99. The number of aromatic nitrogens is 3. The van der Waals surface area contributed by atoms with Gasteiger partial charge < -0.3 is 0 Å². The van der Waals surface area contributed by atoms with E-state index in [0.717, 1.165) is 11.4 Å². The SMILES string of the molecule is Cc1cccc(-c2ncnn2C)c1. The highest BCUT2D eigenvalue weighted by atomic mass is 15.3. The minimum absolute atomic E-state index is 0.906. The van der Waals surface area contributed by atoms with E-state index in [2.05, 4.69) is 29.1 Å². The Morgan fingerprint density at radius 3 is 2.77 bits per heavy atom. The Balaban J connectivity index is 2.53. The molecule has 0 saturated carbocycles. The fourth-order valence-electron chi connectivity index (χ4n) is 1.34. The van der Waals surface area contributed by atoms with Crippen molar-refractivity contribution in [2.75, 3.05) is 0 Å². The van der Waals surface area contributed by atoms with Crippen LogP contribution in [0.2, 0.25) is 0 Å². The Kier molecular flexibility index (Phi) is 1.85. The first-order valence-electron chi connectivity index (χ1n) is 4.18. The van der Waals surface area contributed by atoms with Crippen LogP contribution in [0.4, 0.5) is 0 Å². The second kappa shape index (κ2) is 3.01. The van der Waals surface area contributed by atoms with Crippen LogP contribution in [-0.4, -0.2) is 14.8 Å². The van der Waals surface area contributed by atoms with E-state index >= 15 is 0 Å². The van der Waals surface area contributed by atoms with Gasteiger partial charge in [0.2, 0.25) is 0 Å². The average molecular weight is 173 g/mol. The van der Waals surface area contributed by atoms with Crippen LogP contribution in [0.25, 0.3) is 11.4 Å². The topological polar surface area (TPSA) is 30.7 Å². The first-order valence-corrected chi connectivity index (χ1v) is 4.18. The summed E-state index contributed by atoms with van der Waals surface area (Å²) in [6, 6.07) is 8.24. The van der Waals surface area contributed by atoms with Gasteiger partial charge in [0.05, 0.1) is 0 Å². The molecule has 3 nitrogen and oxygen atoms in total. The predicted octanol–water partition coefficient (Wildman–Crippen LogP) is 1.79. The highest BCUT2D eigenvalue weighted by Gasteiger charge is 2.02. The Morgan fingerprint density at radius 2 is 2.15 bits per heavy atom. The maximum Gasteiger partial charge on any atom is 0.157 e. The Morgan fingerprint density at radius 1 is 1.31 bits per heavy atom. The second-order valence-electron chi connectivity index (χ2n) is 3.08. The van der Waals surface area contributed by atoms with Gasteiger partial charge in [-0.1, -0.05) is 23.8 Å². The van der Waals surface area contributed by atoms with Gasteiger partial charge in [-0.2, -0.15) is 5.10 Å². The smallest absolute Gasteiger partial charge is 0.157 e. The monoisotopic (exact) mass is 173 g/mol. The summed E-state index contributed by atoms with van der Waals surface area (Å²) in [5.41, 5.74) is 2.35. The molecule has 0 atom stereocenters. The highest BCUT2D eigenvalue weighted by molar-refractivity contribution is 5.55. The number of hydrogen-bond donors (Lipinski definition) is 0. The second-order valence-corrected chi connectivity index (χ2v) is 3.08. The van der Waals surface area contributed by atoms with Crippen molar-refractivity contribution >= 4 is 0 Å². The first-order chi connectivity index (χ1) is 6.27. The zero-order valence-corrected chi connectivity index (χ0v) is 7.73. The fourth-order valence-corrected chi connectivity index (χ4v) is 1.34. The van der Waals surface area contributed by atoms with E-state index in [1.165, 1.54) is 5.56 Å². The molecule has 0 aliphatic heterocycles. The molecule has 0 unspecified atom stereocenters. The summed E-state index contributed by atoms with van der Waals surface area (Å²) in [7, 11) is 1.89. The molecule has 2 rings (SSSR count). The van der Waals surface area contributed by atoms with Crippen LogP contribution in [-0.2, 0) is 7.05 Å². The minimum atomic E-state index is 0.906. The molecule has 3 heteroatoms. The summed E-state index contributed by atoms with van der Waals surface area (Å²) in [6.45, 7) is 2.07. The summed E-state index contributed by atoms with van der Waals surface area (Å²) in [5, 5.41) is 4.03. The number of nitrogens with zero attached hydrogens (tertiary/aromatic N) is 3. The molecule has 1 heterocycles. The molecule has 66 valence electrons. The van der Waals surface area contributed by atoms with Crippen molar-refractivity contribution in [1.29, 1.82) is 0 Å². The van der Waals surface area contributed by atoms with E-state index in [4.69, 9.17) is 0 Å². The maximum atomic E-state index is 4.18. The third kappa shape index (κ3) is 1.45. The van der Waals surface area contributed by atoms with E-state index in [1.807, 2.05) is 19.2 Å². The van der Waals surface area contributed by atoms with Crippen LogP contribution >= 0.6 is 0 Å². The van der Waals surface area contributed by atoms with Crippen molar-refractivity contribution in [2.45, 2.75) is 6.92 Å². The summed E-state index contributed by atoms with van der Waals surface area (Å²) < 4.78 is 1.77. The van der Waals surface area contributed by atoms with E-state index in [-0.39, 0.29) is 0 Å². The molecule has 0 fully saturated rings. The van der Waals surface area contributed by atoms with Gasteiger partial charge in [-0.25, -0.2) is 9.67 Å². The van der Waals surface area contributed by atoms with Crippen LogP contribution in [0.5, 0.6) is 0 Å². The average Bonchev–Trinajstić information content (AvgIpc) is 2.51. The first kappa shape index (κ1) is 7.98. The molecule has 0 amide bonds. The molecule has 0 bridgehead atoms. The summed E-state index contributed by atoms with van der Waals surface area (Å²) in [4.78, 5) is 4.18. The molecule has 1 aromatic heterocycles. The van der Waals surface area contributed by atoms with Crippen molar-refractivity contribution in [3.8, 4) is 11.4 Å². The van der Waals surface area contributed by atoms with Crippen LogP contribution in [0.15, 0.2) is 30.6 Å². The predicted molar refractivity (Wildman–Crippen MR) is 51.2 cm³/mol. The normalized spacial score (nSPS) is 10.3. The molecule has 0 aliphatic rings. The zero-order valence-electron chi connectivity index (χ0n) is 7.73. The summed E-state index contributed by atoms with van der Waals surface area (Å²) in [5.74, 6) is 0.906. The van der Waals surface area contributed by atoms with Crippen molar-refractivity contribution in [1.82, 2.24) is 14.8 Å². The number of rotatable bonds is 1. The van der Waals surface area contributed by atoms with Gasteiger partial charge in [-0.15, -0.1) is 0 Å². The number of hydrogen-bond acceptors (Lipinski definition) is 2. The van der Waals surface area contributed by atoms with Crippen LogP contribution in [0.1, 0.15) is 5.56 Å². The molecule has 0 saturated heterocycles. The van der Waals surface area contributed by atoms with Gasteiger partial charge in [-0.05, 0) is 13.0 Å². The van der Waals surface area contributed by atoms with Crippen LogP contribution in [0.3, 0.4) is 0 Å². The lowest BCUT2D eigenvalue weighted by Gasteiger charge is -2.00. The van der Waals surface area contributed by atoms with Gasteiger partial charge in [0, 0.05) is 12.6 Å². The van der Waals surface area contributed by atoms with Crippen molar-refractivity contribution in [2.24, 2.45) is 7.05 Å². The molecule has 0 radical (unpaired) electrons. The largest absolute Gasteiger partial charge is 0.249 e. The Labute approximate surface area is 77.0 Å². The number of benzene rings is 1. The lowest BCUT2D eigenvalue weighted by Crippen LogP contribution is -1.94. The molecule has 0 aliphatic carbocycles. The minimum Gasteiger partial charge on any atom is -0.249 e. The molecule has 0 spiro atoms. The van der Waals surface area contributed by atoms with Crippen LogP contribution < -0.4 is 0 Å². The lowest BCUT2D eigenvalue weighted by molar-refractivity contribution is 0.774. The van der Waals surface area contributed by atoms with Crippen molar-refractivity contribution in [3.63, 3.8) is 0 Å². The van der Waals surface area contributed by atoms with Crippen molar-refractivity contribution in [3.05, 3.63) is 36.2 Å². The van der Waals surface area contributed by atoms with E-state index in [9.17, 15) is 0 Å². The van der Waals surface area contributed by atoms with E-state index in [0.29, 0.717) is 0 Å². The van der Waals surface area contributed by atoms with Gasteiger partial charge >= 0.3 is 0 Å². The molecule has 1 aromatic carbocycles. The van der Waals surface area contributed by atoms with Gasteiger partial charge in [0.25, 0.3) is 0 Å². The molecule has 2 aromatic rings. The van der Waals surface area contributed by atoms with Gasteiger partial charge in [-0.3, -0.25) is 0 Å². The maximum absolute atomic E-state index is 4.18. The molecular weight excluding hydrogens is 162 g/mol. The highest BCUT2D eigenvalue weighted by Crippen LogP contribution is 2.16. The molecule has 0 N–H and O–H groups in total. The summed E-state index contributed by atoms with van der Waals surface area (Å²) >= 11 is 0. The van der Waals surface area contributed by atoms with Crippen LogP contribution in [0, 0.1) is 6.92 Å². The third-order valence-corrected chi connectivity index (χ3v) is 1.99. The molecule has 13 heavy (non-hydrogen) atoms. The van der Waals surface area contributed by atoms with Gasteiger partial charge in [0.1, 0.15) is 6.33 Å². The fraction of sp³-hybridized carbons (Fsp3) is 0.200. The zero-order chi connectivity index (χ0) is 9.26. The quantitative estimate of drug-likeness (QED) is 0.658. The molecular formula is C10H11N3. The van der Waals surface area contributed by atoms with E-state index < -0.39 is 0 Å². The Hall–Kier alpha value is -1.64.